The number of aliphatic carboxylic acids is 1. The van der Waals surface area contributed by atoms with Crippen molar-refractivity contribution in [2.24, 2.45) is 33.8 Å². The number of hydrogen-bond donors (Lipinski definition) is 8. The highest BCUT2D eigenvalue weighted by molar-refractivity contribution is 7.98. The van der Waals surface area contributed by atoms with Crippen LogP contribution in [-0.4, -0.2) is 83.4 Å². The Bertz CT molecular complexity index is 808. The molecule has 12 N–H and O–H groups in total. The molecule has 0 aromatic carbocycles. The molecule has 0 saturated heterocycles. The summed E-state index contributed by atoms with van der Waals surface area (Å²) in [5.41, 5.74) is 21.7. The number of thioether (sulfide) groups is 1. The molecule has 0 aliphatic carbocycles. The lowest BCUT2D eigenvalue weighted by atomic mass is 9.99. The molecule has 0 aromatic heterocycles. The van der Waals surface area contributed by atoms with Crippen LogP contribution in [0, 0.1) is 5.92 Å². The molecule has 15 heteroatoms. The van der Waals surface area contributed by atoms with Gasteiger partial charge >= 0.3 is 5.97 Å². The molecule has 0 spiro atoms. The summed E-state index contributed by atoms with van der Waals surface area (Å²) in [5, 5.41) is 17.0. The molecule has 5 unspecified atom stereocenters. The van der Waals surface area contributed by atoms with Gasteiger partial charge in [0.25, 0.3) is 0 Å². The molecule has 0 aromatic rings. The summed E-state index contributed by atoms with van der Waals surface area (Å²) in [7, 11) is 0. The minimum absolute atomic E-state index is 0.0755. The molecular formula is C22H42N8O6S. The second kappa shape index (κ2) is 18.2. The number of nitrogens with two attached hydrogens (primary N) is 4. The van der Waals surface area contributed by atoms with Crippen LogP contribution < -0.4 is 38.9 Å². The third kappa shape index (κ3) is 14.3. The summed E-state index contributed by atoms with van der Waals surface area (Å²) in [6, 6.07) is -4.32. The van der Waals surface area contributed by atoms with Gasteiger partial charge in [-0.25, -0.2) is 4.79 Å². The third-order valence-electron chi connectivity index (χ3n) is 5.68. The van der Waals surface area contributed by atoms with Crippen molar-refractivity contribution in [3.63, 3.8) is 0 Å². The number of aliphatic imine (C=N–C) groups is 1. The number of nitrogens with one attached hydrogen (secondary N) is 3. The molecule has 0 fully saturated rings. The van der Waals surface area contributed by atoms with Gasteiger partial charge in [0, 0.05) is 13.0 Å². The van der Waals surface area contributed by atoms with Crippen LogP contribution in [0.1, 0.15) is 52.4 Å². The average Bonchev–Trinajstić information content (AvgIpc) is 2.83. The van der Waals surface area contributed by atoms with Crippen molar-refractivity contribution in [1.29, 1.82) is 0 Å². The largest absolute Gasteiger partial charge is 0.480 e. The number of hydrogen-bond acceptors (Lipinski definition) is 8. The lowest BCUT2D eigenvalue weighted by molar-refractivity contribution is -0.142. The Morgan fingerprint density at radius 2 is 1.43 bits per heavy atom. The topological polar surface area (TPSA) is 258 Å². The van der Waals surface area contributed by atoms with Crippen LogP contribution in [0.4, 0.5) is 0 Å². The molecule has 0 saturated carbocycles. The smallest absolute Gasteiger partial charge is 0.326 e. The molecular weight excluding hydrogens is 504 g/mol. The van der Waals surface area contributed by atoms with E-state index in [4.69, 9.17) is 22.9 Å². The van der Waals surface area contributed by atoms with Crippen LogP contribution in [-0.2, 0) is 24.0 Å². The molecule has 0 aliphatic rings. The van der Waals surface area contributed by atoms with E-state index < -0.39 is 53.8 Å². The Hall–Kier alpha value is -3.07. The SMILES string of the molecule is CCC(C)C(N)C(=O)NC(CCSC)C(=O)NC(CCCN=C(N)N)C(=O)NC(CCC(N)=O)C(=O)O. The molecule has 212 valence electrons. The van der Waals surface area contributed by atoms with Crippen molar-refractivity contribution in [1.82, 2.24) is 16.0 Å². The van der Waals surface area contributed by atoms with Gasteiger partial charge in [0.2, 0.25) is 23.6 Å². The first kappa shape index (κ1) is 33.9. The minimum atomic E-state index is -1.39. The van der Waals surface area contributed by atoms with E-state index in [0.29, 0.717) is 12.2 Å². The van der Waals surface area contributed by atoms with Gasteiger partial charge in [-0.2, -0.15) is 11.8 Å². The number of amides is 4. The predicted octanol–water partition coefficient (Wildman–Crippen LogP) is -2.03. The predicted molar refractivity (Wildman–Crippen MR) is 142 cm³/mol. The molecule has 5 atom stereocenters. The van der Waals surface area contributed by atoms with Crippen LogP contribution in [0.15, 0.2) is 4.99 Å². The highest BCUT2D eigenvalue weighted by Gasteiger charge is 2.30. The van der Waals surface area contributed by atoms with E-state index in [2.05, 4.69) is 20.9 Å². The quantitative estimate of drug-likeness (QED) is 0.0500. The summed E-state index contributed by atoms with van der Waals surface area (Å²) in [6.45, 7) is 3.90. The minimum Gasteiger partial charge on any atom is -0.480 e. The van der Waals surface area contributed by atoms with E-state index in [1.54, 1.807) is 0 Å². The van der Waals surface area contributed by atoms with Crippen molar-refractivity contribution in [3.05, 3.63) is 0 Å². The second-order valence-electron chi connectivity index (χ2n) is 8.67. The molecule has 0 bridgehead atoms. The maximum atomic E-state index is 13.1. The van der Waals surface area contributed by atoms with Gasteiger partial charge in [-0.1, -0.05) is 20.3 Å². The number of guanidine groups is 1. The van der Waals surface area contributed by atoms with Gasteiger partial charge in [0.15, 0.2) is 5.96 Å². The highest BCUT2D eigenvalue weighted by atomic mass is 32.2. The standard InChI is InChI=1S/C22H42N8O6S/c1-4-12(2)17(24)20(34)29-14(9-11-37-3)19(33)28-13(6-5-10-27-22(25)26)18(32)30-15(21(35)36)7-8-16(23)31/h12-15,17H,4-11,24H2,1-3H3,(H2,23,31)(H,28,33)(H,29,34)(H,30,32)(H,35,36)(H4,25,26,27). The lowest BCUT2D eigenvalue weighted by Crippen LogP contribution is -2.57. The lowest BCUT2D eigenvalue weighted by Gasteiger charge is -2.26. The molecule has 37 heavy (non-hydrogen) atoms. The zero-order valence-corrected chi connectivity index (χ0v) is 22.5. The highest BCUT2D eigenvalue weighted by Crippen LogP contribution is 2.09. The fourth-order valence-corrected chi connectivity index (χ4v) is 3.62. The van der Waals surface area contributed by atoms with Crippen LogP contribution in [0.2, 0.25) is 0 Å². The van der Waals surface area contributed by atoms with Crippen molar-refractivity contribution in [2.45, 2.75) is 76.5 Å². The third-order valence-corrected chi connectivity index (χ3v) is 6.32. The maximum absolute atomic E-state index is 13.1. The molecule has 4 amide bonds. The van der Waals surface area contributed by atoms with Gasteiger partial charge in [-0.3, -0.25) is 24.2 Å². The summed E-state index contributed by atoms with van der Waals surface area (Å²) < 4.78 is 0. The number of nitrogens with zero attached hydrogens (tertiary/aromatic N) is 1. The number of carboxylic acid groups (broad SMARTS) is 1. The van der Waals surface area contributed by atoms with Crippen LogP contribution in [0.3, 0.4) is 0 Å². The van der Waals surface area contributed by atoms with Crippen molar-refractivity contribution in [3.8, 4) is 0 Å². The Morgan fingerprint density at radius 1 is 0.892 bits per heavy atom. The van der Waals surface area contributed by atoms with Crippen LogP contribution in [0.25, 0.3) is 0 Å². The first-order chi connectivity index (χ1) is 17.3. The summed E-state index contributed by atoms with van der Waals surface area (Å²) in [4.78, 5) is 65.2. The molecule has 0 rings (SSSR count). The van der Waals surface area contributed by atoms with Crippen molar-refractivity contribution in [2.75, 3.05) is 18.6 Å². The Balaban J connectivity index is 5.65. The molecule has 0 radical (unpaired) electrons. The van der Waals surface area contributed by atoms with E-state index in [9.17, 15) is 29.1 Å². The first-order valence-corrected chi connectivity index (χ1v) is 13.4. The van der Waals surface area contributed by atoms with E-state index in [1.165, 1.54) is 11.8 Å². The normalized spacial score (nSPS) is 14.8. The summed E-state index contributed by atoms with van der Waals surface area (Å²) in [6.07, 6.45) is 2.70. The Labute approximate surface area is 221 Å². The van der Waals surface area contributed by atoms with Gasteiger partial charge in [-0.05, 0) is 43.6 Å². The van der Waals surface area contributed by atoms with Gasteiger partial charge in [-0.15, -0.1) is 0 Å². The van der Waals surface area contributed by atoms with Crippen LogP contribution >= 0.6 is 11.8 Å². The van der Waals surface area contributed by atoms with Crippen molar-refractivity contribution < 1.29 is 29.1 Å². The van der Waals surface area contributed by atoms with E-state index >= 15 is 0 Å². The number of primary amides is 1. The van der Waals surface area contributed by atoms with Gasteiger partial charge < -0.3 is 44.0 Å². The average molecular weight is 547 g/mol. The number of carbonyl (C=O) groups excluding carboxylic acids is 4. The molecule has 0 aliphatic heterocycles. The Kier molecular flexibility index (Phi) is 16.7. The molecule has 0 heterocycles. The van der Waals surface area contributed by atoms with E-state index in [-0.39, 0.29) is 50.5 Å². The van der Waals surface area contributed by atoms with Gasteiger partial charge in [0.05, 0.1) is 6.04 Å². The van der Waals surface area contributed by atoms with Crippen LogP contribution in [0.5, 0.6) is 0 Å². The molecule has 14 nitrogen and oxygen atoms in total. The zero-order chi connectivity index (χ0) is 28.5. The summed E-state index contributed by atoms with van der Waals surface area (Å²) >= 11 is 1.47. The monoisotopic (exact) mass is 546 g/mol. The fourth-order valence-electron chi connectivity index (χ4n) is 3.15. The second-order valence-corrected chi connectivity index (χ2v) is 9.65. The fraction of sp³-hybridized carbons (Fsp3) is 0.727. The van der Waals surface area contributed by atoms with Gasteiger partial charge in [0.1, 0.15) is 18.1 Å². The zero-order valence-electron chi connectivity index (χ0n) is 21.7. The Morgan fingerprint density at radius 3 is 1.92 bits per heavy atom. The van der Waals surface area contributed by atoms with E-state index in [0.717, 1.165) is 0 Å². The number of carboxylic acids is 1. The van der Waals surface area contributed by atoms with E-state index in [1.807, 2.05) is 20.1 Å². The van der Waals surface area contributed by atoms with Crippen molar-refractivity contribution >= 4 is 47.3 Å². The number of rotatable bonds is 19. The maximum Gasteiger partial charge on any atom is 0.326 e. The number of carbonyl (C=O) groups is 5. The first-order valence-electron chi connectivity index (χ1n) is 12.1. The summed E-state index contributed by atoms with van der Waals surface area (Å²) in [5.74, 6) is -3.65.